The van der Waals surface area contributed by atoms with Gasteiger partial charge in [0.2, 0.25) is 11.8 Å². The van der Waals surface area contributed by atoms with E-state index in [1.165, 1.54) is 0 Å². The molecule has 0 aliphatic carbocycles. The van der Waals surface area contributed by atoms with E-state index in [4.69, 9.17) is 9.15 Å². The Morgan fingerprint density at radius 2 is 2.14 bits per heavy atom. The number of anilines is 2. The molecule has 0 radical (unpaired) electrons. The lowest BCUT2D eigenvalue weighted by Gasteiger charge is -2.17. The van der Waals surface area contributed by atoms with Gasteiger partial charge < -0.3 is 19.8 Å². The molecule has 2 aromatic carbocycles. The van der Waals surface area contributed by atoms with Gasteiger partial charge in [0.1, 0.15) is 11.3 Å². The van der Waals surface area contributed by atoms with E-state index in [1.807, 2.05) is 18.2 Å². The van der Waals surface area contributed by atoms with E-state index in [0.29, 0.717) is 43.0 Å². The number of hydrogen-bond acceptors (Lipinski definition) is 5. The minimum atomic E-state index is -0.0729. The molecule has 0 atom stereocenters. The second-order valence-corrected chi connectivity index (χ2v) is 6.78. The van der Waals surface area contributed by atoms with Crippen LogP contribution in [0.4, 0.5) is 11.4 Å². The number of benzene rings is 2. The lowest BCUT2D eigenvalue weighted by atomic mass is 10.0. The summed E-state index contributed by atoms with van der Waals surface area (Å²) in [5, 5.41) is 5.72. The Balaban J connectivity index is 1.24. The Labute approximate surface area is 162 Å². The predicted octanol–water partition coefficient (Wildman–Crippen LogP) is 3.82. The quantitative estimate of drug-likeness (QED) is 0.635. The van der Waals surface area contributed by atoms with Gasteiger partial charge in [-0.3, -0.25) is 9.59 Å². The summed E-state index contributed by atoms with van der Waals surface area (Å²) >= 11 is 0. The molecule has 1 aromatic heterocycles. The molecule has 2 heterocycles. The zero-order chi connectivity index (χ0) is 19.5. The van der Waals surface area contributed by atoms with E-state index in [9.17, 15) is 9.59 Å². The third-order valence-electron chi connectivity index (χ3n) is 4.57. The van der Waals surface area contributed by atoms with Gasteiger partial charge in [-0.25, -0.2) is 4.98 Å². The third-order valence-corrected chi connectivity index (χ3v) is 4.57. The van der Waals surface area contributed by atoms with Crippen LogP contribution in [0.25, 0.3) is 11.1 Å². The molecule has 1 aliphatic rings. The Hall–Kier alpha value is -3.35. The normalized spacial score (nSPS) is 13.1. The minimum absolute atomic E-state index is 0.0463. The van der Waals surface area contributed by atoms with Crippen molar-refractivity contribution in [2.24, 2.45) is 0 Å². The van der Waals surface area contributed by atoms with Crippen molar-refractivity contribution < 1.29 is 18.7 Å². The predicted molar refractivity (Wildman–Crippen MR) is 105 cm³/mol. The highest BCUT2D eigenvalue weighted by Crippen LogP contribution is 2.27. The maximum Gasteiger partial charge on any atom is 0.224 e. The topological polar surface area (TPSA) is 93.5 Å². The average molecular weight is 379 g/mol. The number of carbonyl (C=O) groups excluding carboxylic acids is 2. The number of carbonyl (C=O) groups is 2. The molecule has 28 heavy (non-hydrogen) atoms. The van der Waals surface area contributed by atoms with Crippen molar-refractivity contribution in [1.82, 2.24) is 4.98 Å². The lowest BCUT2D eigenvalue weighted by Crippen LogP contribution is -2.18. The highest BCUT2D eigenvalue weighted by molar-refractivity contribution is 5.94. The molecule has 3 aromatic rings. The number of aromatic nitrogens is 1. The van der Waals surface area contributed by atoms with Gasteiger partial charge in [0.05, 0.1) is 6.61 Å². The van der Waals surface area contributed by atoms with Crippen molar-refractivity contribution in [1.29, 1.82) is 0 Å². The lowest BCUT2D eigenvalue weighted by molar-refractivity contribution is -0.117. The Morgan fingerprint density at radius 3 is 3.04 bits per heavy atom. The second kappa shape index (κ2) is 7.72. The van der Waals surface area contributed by atoms with Crippen LogP contribution in [-0.4, -0.2) is 23.4 Å². The first-order chi connectivity index (χ1) is 13.6. The fraction of sp³-hybridized carbons (Fsp3) is 0.286. The van der Waals surface area contributed by atoms with Crippen molar-refractivity contribution in [3.8, 4) is 5.75 Å². The van der Waals surface area contributed by atoms with Crippen LogP contribution in [-0.2, 0) is 16.0 Å². The standard InChI is InChI=1S/C21H21N3O4/c1-13-22-18-12-15(5-8-19(18)28-13)23-20(25)3-2-10-27-16-6-7-17-14(11-16)4-9-21(26)24-17/h5-8,11-12H,2-4,9-10H2,1H3,(H,23,25)(H,24,26). The number of hydrogen-bond donors (Lipinski definition) is 2. The van der Waals surface area contributed by atoms with E-state index >= 15 is 0 Å². The zero-order valence-corrected chi connectivity index (χ0v) is 15.6. The number of fused-ring (bicyclic) bond motifs is 2. The average Bonchev–Trinajstić information content (AvgIpc) is 3.04. The number of nitrogens with zero attached hydrogens (tertiary/aromatic N) is 1. The number of aryl methyl sites for hydroxylation is 2. The van der Waals surface area contributed by atoms with Crippen LogP contribution in [0.1, 0.15) is 30.7 Å². The van der Waals surface area contributed by atoms with Crippen LogP contribution in [0, 0.1) is 6.92 Å². The summed E-state index contributed by atoms with van der Waals surface area (Å²) < 4.78 is 11.2. The van der Waals surface area contributed by atoms with Crippen LogP contribution in [0.2, 0.25) is 0 Å². The molecule has 2 N–H and O–H groups in total. The van der Waals surface area contributed by atoms with Crippen molar-refractivity contribution in [3.05, 3.63) is 47.9 Å². The van der Waals surface area contributed by atoms with Gasteiger partial charge in [-0.1, -0.05) is 0 Å². The minimum Gasteiger partial charge on any atom is -0.494 e. The summed E-state index contributed by atoms with van der Waals surface area (Å²) in [6.07, 6.45) is 2.17. The van der Waals surface area contributed by atoms with Gasteiger partial charge in [0.25, 0.3) is 0 Å². The Morgan fingerprint density at radius 1 is 1.25 bits per heavy atom. The van der Waals surface area contributed by atoms with Crippen molar-refractivity contribution in [3.63, 3.8) is 0 Å². The smallest absolute Gasteiger partial charge is 0.224 e. The molecule has 0 bridgehead atoms. The molecular formula is C21H21N3O4. The fourth-order valence-corrected chi connectivity index (χ4v) is 3.22. The molecule has 7 nitrogen and oxygen atoms in total. The summed E-state index contributed by atoms with van der Waals surface area (Å²) in [6, 6.07) is 11.0. The largest absolute Gasteiger partial charge is 0.494 e. The summed E-state index contributed by atoms with van der Waals surface area (Å²) in [6.45, 7) is 2.23. The van der Waals surface area contributed by atoms with E-state index < -0.39 is 0 Å². The van der Waals surface area contributed by atoms with E-state index in [-0.39, 0.29) is 11.8 Å². The molecule has 4 rings (SSSR count). The highest BCUT2D eigenvalue weighted by Gasteiger charge is 2.15. The van der Waals surface area contributed by atoms with Crippen molar-refractivity contribution in [2.75, 3.05) is 17.2 Å². The van der Waals surface area contributed by atoms with Crippen LogP contribution in [0.5, 0.6) is 5.75 Å². The number of rotatable bonds is 6. The van der Waals surface area contributed by atoms with Gasteiger partial charge in [0, 0.05) is 31.1 Å². The Kier molecular flexibility index (Phi) is 4.97. The number of nitrogens with one attached hydrogen (secondary N) is 2. The molecule has 2 amide bonds. The monoisotopic (exact) mass is 379 g/mol. The number of amides is 2. The molecule has 0 saturated heterocycles. The van der Waals surface area contributed by atoms with Gasteiger partial charge >= 0.3 is 0 Å². The van der Waals surface area contributed by atoms with Crippen LogP contribution in [0.3, 0.4) is 0 Å². The summed E-state index contributed by atoms with van der Waals surface area (Å²) in [5.41, 5.74) is 4.05. The summed E-state index contributed by atoms with van der Waals surface area (Å²) in [5.74, 6) is 1.32. The van der Waals surface area contributed by atoms with E-state index in [1.54, 1.807) is 25.1 Å². The SMILES string of the molecule is Cc1nc2cc(NC(=O)CCCOc3ccc4c(c3)CCC(=O)N4)ccc2o1. The zero-order valence-electron chi connectivity index (χ0n) is 15.6. The maximum absolute atomic E-state index is 12.1. The summed E-state index contributed by atoms with van der Waals surface area (Å²) in [4.78, 5) is 27.8. The molecule has 7 heteroatoms. The first-order valence-corrected chi connectivity index (χ1v) is 9.29. The van der Waals surface area contributed by atoms with Crippen molar-refractivity contribution >= 4 is 34.3 Å². The Bertz CT molecular complexity index is 1040. The van der Waals surface area contributed by atoms with Crippen LogP contribution >= 0.6 is 0 Å². The van der Waals surface area contributed by atoms with Crippen molar-refractivity contribution in [2.45, 2.75) is 32.6 Å². The summed E-state index contributed by atoms with van der Waals surface area (Å²) in [7, 11) is 0. The second-order valence-electron chi connectivity index (χ2n) is 6.78. The first-order valence-electron chi connectivity index (χ1n) is 9.29. The number of ether oxygens (including phenoxy) is 1. The fourth-order valence-electron chi connectivity index (χ4n) is 3.22. The molecule has 1 aliphatic heterocycles. The number of oxazole rings is 1. The molecule has 0 fully saturated rings. The van der Waals surface area contributed by atoms with Crippen LogP contribution < -0.4 is 15.4 Å². The molecule has 0 spiro atoms. The van der Waals surface area contributed by atoms with Gasteiger partial charge in [-0.15, -0.1) is 0 Å². The van der Waals surface area contributed by atoms with Gasteiger partial charge in [-0.05, 0) is 54.8 Å². The highest BCUT2D eigenvalue weighted by atomic mass is 16.5. The molecular weight excluding hydrogens is 358 g/mol. The molecule has 144 valence electrons. The van der Waals surface area contributed by atoms with Crippen LogP contribution in [0.15, 0.2) is 40.8 Å². The van der Waals surface area contributed by atoms with Gasteiger partial charge in [-0.2, -0.15) is 0 Å². The third kappa shape index (κ3) is 4.14. The first kappa shape index (κ1) is 18.0. The maximum atomic E-state index is 12.1. The molecule has 0 unspecified atom stereocenters. The molecule has 0 saturated carbocycles. The van der Waals surface area contributed by atoms with E-state index in [0.717, 1.165) is 28.9 Å². The van der Waals surface area contributed by atoms with E-state index in [2.05, 4.69) is 15.6 Å². The van der Waals surface area contributed by atoms with Gasteiger partial charge in [0.15, 0.2) is 11.5 Å².